The minimum atomic E-state index is -0.130. The molecule has 0 fully saturated rings. The van der Waals surface area contributed by atoms with Crippen LogP contribution in [0.5, 0.6) is 0 Å². The first kappa shape index (κ1) is 15.8. The summed E-state index contributed by atoms with van der Waals surface area (Å²) in [6.07, 6.45) is 1.87. The van der Waals surface area contributed by atoms with Crippen molar-refractivity contribution in [1.82, 2.24) is 19.9 Å². The lowest BCUT2D eigenvalue weighted by Gasteiger charge is -2.28. The quantitative estimate of drug-likeness (QED) is 0.728. The second-order valence-corrected chi connectivity index (χ2v) is 6.54. The van der Waals surface area contributed by atoms with Crippen LogP contribution in [0.15, 0.2) is 35.4 Å². The molecule has 3 heterocycles. The van der Waals surface area contributed by atoms with Crippen LogP contribution in [0, 0.1) is 6.92 Å². The zero-order valence-corrected chi connectivity index (χ0v) is 14.3. The van der Waals surface area contributed by atoms with Gasteiger partial charge < -0.3 is 9.88 Å². The fourth-order valence-corrected chi connectivity index (χ4v) is 3.39. The number of nitrogens with one attached hydrogen (secondary N) is 1. The van der Waals surface area contributed by atoms with Crippen molar-refractivity contribution in [2.24, 2.45) is 0 Å². The van der Waals surface area contributed by atoms with Crippen LogP contribution < -0.4 is 5.56 Å². The van der Waals surface area contributed by atoms with Crippen molar-refractivity contribution in [3.63, 3.8) is 0 Å². The Kier molecular flexibility index (Phi) is 3.77. The zero-order chi connectivity index (χ0) is 17.6. The number of hydrogen-bond acceptors (Lipinski definition) is 4. The number of carbonyl (C=O) groups is 1. The number of benzene rings is 1. The standard InChI is InChI=1S/C18H15ClN4O2/c1-10-6-14(13-7-11(19)2-3-15(13)22-10)18(25)23-5-4-12-16(8-23)20-9-21-17(12)24/h2-3,6-7,9H,4-5,8H2,1H3,(H,20,21,24). The van der Waals surface area contributed by atoms with Crippen LogP contribution in [0.1, 0.15) is 27.3 Å². The first-order chi connectivity index (χ1) is 12.0. The smallest absolute Gasteiger partial charge is 0.254 e. The van der Waals surface area contributed by atoms with Gasteiger partial charge in [0.15, 0.2) is 0 Å². The summed E-state index contributed by atoms with van der Waals surface area (Å²) in [5, 5.41) is 1.29. The molecular weight excluding hydrogens is 340 g/mol. The van der Waals surface area contributed by atoms with Gasteiger partial charge in [0.1, 0.15) is 0 Å². The van der Waals surface area contributed by atoms with Crippen molar-refractivity contribution in [1.29, 1.82) is 0 Å². The minimum absolute atomic E-state index is 0.106. The summed E-state index contributed by atoms with van der Waals surface area (Å²) in [6, 6.07) is 7.12. The van der Waals surface area contributed by atoms with E-state index in [1.54, 1.807) is 23.1 Å². The molecule has 1 aliphatic rings. The van der Waals surface area contributed by atoms with Crippen LogP contribution in [0.3, 0.4) is 0 Å². The van der Waals surface area contributed by atoms with Gasteiger partial charge in [-0.3, -0.25) is 14.6 Å². The molecule has 1 N–H and O–H groups in total. The Morgan fingerprint density at radius 3 is 3.00 bits per heavy atom. The van der Waals surface area contributed by atoms with Crippen LogP contribution in [-0.4, -0.2) is 32.3 Å². The SMILES string of the molecule is Cc1cc(C(=O)N2CCc3c(nc[nH]c3=O)C2)c2cc(Cl)ccc2n1. The second-order valence-electron chi connectivity index (χ2n) is 6.11. The highest BCUT2D eigenvalue weighted by atomic mass is 35.5. The molecule has 1 amide bonds. The normalized spacial score (nSPS) is 13.8. The highest BCUT2D eigenvalue weighted by Gasteiger charge is 2.25. The van der Waals surface area contributed by atoms with Gasteiger partial charge in [-0.05, 0) is 37.6 Å². The summed E-state index contributed by atoms with van der Waals surface area (Å²) in [6.45, 7) is 2.66. The Bertz CT molecular complexity index is 1060. The summed E-state index contributed by atoms with van der Waals surface area (Å²) in [5.74, 6) is -0.106. The Balaban J connectivity index is 1.76. The lowest BCUT2D eigenvalue weighted by atomic mass is 10.0. The largest absolute Gasteiger partial charge is 0.332 e. The summed E-state index contributed by atoms with van der Waals surface area (Å²) in [7, 11) is 0. The van der Waals surface area contributed by atoms with Crippen molar-refractivity contribution in [3.05, 3.63) is 68.5 Å². The molecule has 6 nitrogen and oxygen atoms in total. The summed E-state index contributed by atoms with van der Waals surface area (Å²) < 4.78 is 0. The molecule has 0 radical (unpaired) electrons. The predicted octanol–water partition coefficient (Wildman–Crippen LogP) is 2.48. The maximum absolute atomic E-state index is 13.1. The topological polar surface area (TPSA) is 79.0 Å². The fourth-order valence-electron chi connectivity index (χ4n) is 3.22. The first-order valence-corrected chi connectivity index (χ1v) is 8.32. The van der Waals surface area contributed by atoms with Gasteiger partial charge >= 0.3 is 0 Å². The molecule has 25 heavy (non-hydrogen) atoms. The third kappa shape index (κ3) is 2.78. The number of pyridine rings is 1. The first-order valence-electron chi connectivity index (χ1n) is 7.94. The molecule has 0 unspecified atom stereocenters. The average molecular weight is 355 g/mol. The number of nitrogens with zero attached hydrogens (tertiary/aromatic N) is 3. The van der Waals surface area contributed by atoms with E-state index in [-0.39, 0.29) is 11.5 Å². The lowest BCUT2D eigenvalue weighted by Crippen LogP contribution is -2.39. The van der Waals surface area contributed by atoms with Gasteiger partial charge in [0.25, 0.3) is 11.5 Å². The number of H-pyrrole nitrogens is 1. The molecule has 2 aromatic heterocycles. The van der Waals surface area contributed by atoms with E-state index in [1.165, 1.54) is 6.33 Å². The predicted molar refractivity (Wildman–Crippen MR) is 94.8 cm³/mol. The molecular formula is C18H15ClN4O2. The monoisotopic (exact) mass is 354 g/mol. The molecule has 1 aliphatic heterocycles. The third-order valence-electron chi connectivity index (χ3n) is 4.43. The Morgan fingerprint density at radius 2 is 2.16 bits per heavy atom. The van der Waals surface area contributed by atoms with Crippen LogP contribution >= 0.6 is 11.6 Å². The van der Waals surface area contributed by atoms with Gasteiger partial charge in [0, 0.05) is 28.2 Å². The number of rotatable bonds is 1. The van der Waals surface area contributed by atoms with E-state index in [0.29, 0.717) is 41.4 Å². The van der Waals surface area contributed by atoms with E-state index in [1.807, 2.05) is 13.0 Å². The van der Waals surface area contributed by atoms with Crippen molar-refractivity contribution in [2.45, 2.75) is 19.9 Å². The van der Waals surface area contributed by atoms with Crippen LogP contribution in [0.2, 0.25) is 5.02 Å². The Morgan fingerprint density at radius 1 is 1.32 bits per heavy atom. The lowest BCUT2D eigenvalue weighted by molar-refractivity contribution is 0.0733. The molecule has 3 aromatic rings. The van der Waals surface area contributed by atoms with Crippen LogP contribution in [-0.2, 0) is 13.0 Å². The van der Waals surface area contributed by atoms with E-state index < -0.39 is 0 Å². The molecule has 1 aromatic carbocycles. The van der Waals surface area contributed by atoms with E-state index >= 15 is 0 Å². The van der Waals surface area contributed by atoms with Gasteiger partial charge in [-0.25, -0.2) is 4.98 Å². The molecule has 0 aliphatic carbocycles. The third-order valence-corrected chi connectivity index (χ3v) is 4.66. The van der Waals surface area contributed by atoms with Crippen LogP contribution in [0.4, 0.5) is 0 Å². The maximum atomic E-state index is 13.1. The summed E-state index contributed by atoms with van der Waals surface area (Å²) in [5.41, 5.74) is 3.25. The number of hydrogen-bond donors (Lipinski definition) is 1. The van der Waals surface area contributed by atoms with E-state index in [2.05, 4.69) is 15.0 Å². The Hall–Kier alpha value is -2.73. The number of carbonyl (C=O) groups excluding carboxylic acids is 1. The molecule has 7 heteroatoms. The maximum Gasteiger partial charge on any atom is 0.254 e. The summed E-state index contributed by atoms with van der Waals surface area (Å²) >= 11 is 6.10. The van der Waals surface area contributed by atoms with Gasteiger partial charge in [0.05, 0.1) is 29.6 Å². The fraction of sp³-hybridized carbons (Fsp3) is 0.222. The number of fused-ring (bicyclic) bond motifs is 2. The number of halogens is 1. The van der Waals surface area contributed by atoms with E-state index in [4.69, 9.17) is 11.6 Å². The van der Waals surface area contributed by atoms with E-state index in [9.17, 15) is 9.59 Å². The molecule has 0 saturated heterocycles. The van der Waals surface area contributed by atoms with E-state index in [0.717, 1.165) is 16.6 Å². The van der Waals surface area contributed by atoms with Crippen molar-refractivity contribution < 1.29 is 4.79 Å². The van der Waals surface area contributed by atoms with Gasteiger partial charge in [0.2, 0.25) is 0 Å². The molecule has 0 bridgehead atoms. The zero-order valence-electron chi connectivity index (χ0n) is 13.5. The van der Waals surface area contributed by atoms with Crippen molar-refractivity contribution >= 4 is 28.4 Å². The average Bonchev–Trinajstić information content (AvgIpc) is 2.61. The highest BCUT2D eigenvalue weighted by Crippen LogP contribution is 2.25. The Labute approximate surface area is 148 Å². The van der Waals surface area contributed by atoms with Crippen molar-refractivity contribution in [3.8, 4) is 0 Å². The molecule has 0 saturated carbocycles. The molecule has 4 rings (SSSR count). The second kappa shape index (κ2) is 5.97. The van der Waals surface area contributed by atoms with Gasteiger partial charge in [-0.2, -0.15) is 0 Å². The summed E-state index contributed by atoms with van der Waals surface area (Å²) in [4.78, 5) is 37.9. The number of amides is 1. The number of aryl methyl sites for hydroxylation is 1. The molecule has 0 spiro atoms. The molecule has 126 valence electrons. The number of aromatic nitrogens is 3. The van der Waals surface area contributed by atoms with Crippen molar-refractivity contribution in [2.75, 3.05) is 6.54 Å². The highest BCUT2D eigenvalue weighted by molar-refractivity contribution is 6.31. The van der Waals surface area contributed by atoms with Crippen LogP contribution in [0.25, 0.3) is 10.9 Å². The minimum Gasteiger partial charge on any atom is -0.332 e. The van der Waals surface area contributed by atoms with Gasteiger partial charge in [-0.15, -0.1) is 0 Å². The van der Waals surface area contributed by atoms with Gasteiger partial charge in [-0.1, -0.05) is 11.6 Å². The number of aromatic amines is 1. The molecule has 0 atom stereocenters.